The van der Waals surface area contributed by atoms with Gasteiger partial charge in [-0.25, -0.2) is 0 Å². The monoisotopic (exact) mass is 333 g/mol. The maximum Gasteiger partial charge on any atom is 0.193 e. The highest BCUT2D eigenvalue weighted by molar-refractivity contribution is 5.80. The van der Waals surface area contributed by atoms with Gasteiger partial charge in [0.25, 0.3) is 0 Å². The van der Waals surface area contributed by atoms with E-state index in [1.165, 1.54) is 12.0 Å². The average Bonchev–Trinajstić information content (AvgIpc) is 3.06. The van der Waals surface area contributed by atoms with Crippen LogP contribution in [0.1, 0.15) is 25.3 Å². The van der Waals surface area contributed by atoms with E-state index < -0.39 is 0 Å². The minimum atomic E-state index is 0.618. The molecule has 0 bridgehead atoms. The van der Waals surface area contributed by atoms with E-state index in [-0.39, 0.29) is 0 Å². The van der Waals surface area contributed by atoms with Crippen LogP contribution in [0.25, 0.3) is 0 Å². The SMILES string of the molecule is CCOCC1CCN(C(=NC)NCCCOc2ccccc2C)C1. The van der Waals surface area contributed by atoms with E-state index in [1.807, 2.05) is 32.2 Å². The lowest BCUT2D eigenvalue weighted by atomic mass is 10.1. The Morgan fingerprint density at radius 2 is 2.21 bits per heavy atom. The predicted octanol–water partition coefficient (Wildman–Crippen LogP) is 2.70. The first-order chi connectivity index (χ1) is 11.7. The van der Waals surface area contributed by atoms with Crippen molar-refractivity contribution in [2.24, 2.45) is 10.9 Å². The van der Waals surface area contributed by atoms with E-state index >= 15 is 0 Å². The van der Waals surface area contributed by atoms with Gasteiger partial charge in [-0.2, -0.15) is 0 Å². The zero-order chi connectivity index (χ0) is 17.2. The number of para-hydroxylation sites is 1. The number of hydrogen-bond acceptors (Lipinski definition) is 3. The van der Waals surface area contributed by atoms with E-state index in [2.05, 4.69) is 28.2 Å². The average molecular weight is 333 g/mol. The third-order valence-corrected chi connectivity index (χ3v) is 4.31. The summed E-state index contributed by atoms with van der Waals surface area (Å²) in [4.78, 5) is 6.73. The maximum absolute atomic E-state index is 5.83. The number of likely N-dealkylation sites (tertiary alicyclic amines) is 1. The fraction of sp³-hybridized carbons (Fsp3) is 0.632. The fourth-order valence-electron chi connectivity index (χ4n) is 2.95. The largest absolute Gasteiger partial charge is 0.493 e. The Balaban J connectivity index is 1.65. The lowest BCUT2D eigenvalue weighted by Crippen LogP contribution is -2.40. The van der Waals surface area contributed by atoms with E-state index in [0.717, 1.165) is 51.0 Å². The Kier molecular flexibility index (Phi) is 7.89. The van der Waals surface area contributed by atoms with Gasteiger partial charge < -0.3 is 19.7 Å². The highest BCUT2D eigenvalue weighted by atomic mass is 16.5. The van der Waals surface area contributed by atoms with Gasteiger partial charge in [0.15, 0.2) is 5.96 Å². The summed E-state index contributed by atoms with van der Waals surface area (Å²) in [5, 5.41) is 3.44. The normalized spacial score (nSPS) is 18.0. The van der Waals surface area contributed by atoms with Gasteiger partial charge in [-0.15, -0.1) is 0 Å². The van der Waals surface area contributed by atoms with Crippen molar-refractivity contribution in [3.8, 4) is 5.75 Å². The first-order valence-corrected chi connectivity index (χ1v) is 8.96. The molecular formula is C19H31N3O2. The van der Waals surface area contributed by atoms with Crippen LogP contribution in [0.3, 0.4) is 0 Å². The number of rotatable bonds is 8. The second-order valence-electron chi connectivity index (χ2n) is 6.20. The third kappa shape index (κ3) is 5.71. The van der Waals surface area contributed by atoms with Gasteiger partial charge >= 0.3 is 0 Å². The number of nitrogens with one attached hydrogen (secondary N) is 1. The van der Waals surface area contributed by atoms with Gasteiger partial charge in [0.05, 0.1) is 13.2 Å². The predicted molar refractivity (Wildman–Crippen MR) is 98.8 cm³/mol. The molecule has 1 atom stereocenters. The molecule has 0 saturated carbocycles. The third-order valence-electron chi connectivity index (χ3n) is 4.31. The molecule has 0 amide bonds. The van der Waals surface area contributed by atoms with Gasteiger partial charge in [0.2, 0.25) is 0 Å². The summed E-state index contributed by atoms with van der Waals surface area (Å²) < 4.78 is 11.4. The van der Waals surface area contributed by atoms with Crippen LogP contribution in [-0.4, -0.2) is 57.4 Å². The van der Waals surface area contributed by atoms with Crippen molar-refractivity contribution in [1.82, 2.24) is 10.2 Å². The molecule has 0 radical (unpaired) electrons. The quantitative estimate of drug-likeness (QED) is 0.451. The lowest BCUT2D eigenvalue weighted by Gasteiger charge is -2.21. The van der Waals surface area contributed by atoms with Crippen LogP contribution in [-0.2, 0) is 4.74 Å². The highest BCUT2D eigenvalue weighted by Gasteiger charge is 2.24. The van der Waals surface area contributed by atoms with Crippen LogP contribution in [0.15, 0.2) is 29.3 Å². The summed E-state index contributed by atoms with van der Waals surface area (Å²) in [5.41, 5.74) is 1.18. The van der Waals surface area contributed by atoms with E-state index in [4.69, 9.17) is 9.47 Å². The van der Waals surface area contributed by atoms with Crippen LogP contribution in [0.4, 0.5) is 0 Å². The van der Waals surface area contributed by atoms with Crippen LogP contribution >= 0.6 is 0 Å². The molecule has 5 nitrogen and oxygen atoms in total. The Labute approximate surface area is 146 Å². The minimum absolute atomic E-state index is 0.618. The fourth-order valence-corrected chi connectivity index (χ4v) is 2.95. The summed E-state index contributed by atoms with van der Waals surface area (Å²) in [6, 6.07) is 8.13. The second-order valence-corrected chi connectivity index (χ2v) is 6.20. The van der Waals surface area contributed by atoms with E-state index in [9.17, 15) is 0 Å². The molecule has 1 aliphatic rings. The number of guanidine groups is 1. The Morgan fingerprint density at radius 1 is 1.38 bits per heavy atom. The number of nitrogens with zero attached hydrogens (tertiary/aromatic N) is 2. The van der Waals surface area contributed by atoms with Crippen molar-refractivity contribution < 1.29 is 9.47 Å². The Bertz CT molecular complexity index is 519. The van der Waals surface area contributed by atoms with Crippen molar-refractivity contribution in [2.45, 2.75) is 26.7 Å². The molecule has 5 heteroatoms. The molecule has 1 unspecified atom stereocenters. The molecule has 1 aromatic rings. The number of benzene rings is 1. The smallest absolute Gasteiger partial charge is 0.193 e. The standard InChI is InChI=1S/C19H31N3O2/c1-4-23-15-17-10-12-22(14-17)19(20-3)21-11-7-13-24-18-9-6-5-8-16(18)2/h5-6,8-9,17H,4,7,10-15H2,1-3H3,(H,20,21). The second kappa shape index (κ2) is 10.2. The first kappa shape index (κ1) is 18.6. The topological polar surface area (TPSA) is 46.1 Å². The molecule has 134 valence electrons. The molecule has 1 fully saturated rings. The van der Waals surface area contributed by atoms with Crippen molar-refractivity contribution in [3.05, 3.63) is 29.8 Å². The van der Waals surface area contributed by atoms with Gasteiger partial charge in [-0.05, 0) is 38.3 Å². The van der Waals surface area contributed by atoms with E-state index in [1.54, 1.807) is 0 Å². The molecule has 0 aliphatic carbocycles. The summed E-state index contributed by atoms with van der Waals surface area (Å²) in [5.74, 6) is 2.58. The maximum atomic E-state index is 5.83. The zero-order valence-electron chi connectivity index (χ0n) is 15.3. The molecule has 2 rings (SSSR count). The lowest BCUT2D eigenvalue weighted by molar-refractivity contribution is 0.114. The van der Waals surface area contributed by atoms with Gasteiger partial charge in [-0.1, -0.05) is 18.2 Å². The number of aliphatic imine (C=N–C) groups is 1. The number of aryl methyl sites for hydroxylation is 1. The van der Waals surface area contributed by atoms with E-state index in [0.29, 0.717) is 12.5 Å². The molecule has 1 N–H and O–H groups in total. The van der Waals surface area contributed by atoms with Crippen LogP contribution in [0.5, 0.6) is 5.75 Å². The molecular weight excluding hydrogens is 302 g/mol. The van der Waals surface area contributed by atoms with Crippen LogP contribution in [0.2, 0.25) is 0 Å². The van der Waals surface area contributed by atoms with Crippen molar-refractivity contribution in [3.63, 3.8) is 0 Å². The Morgan fingerprint density at radius 3 is 2.96 bits per heavy atom. The summed E-state index contributed by atoms with van der Waals surface area (Å²) in [6.07, 6.45) is 2.13. The summed E-state index contributed by atoms with van der Waals surface area (Å²) in [6.45, 7) is 9.43. The molecule has 1 heterocycles. The molecule has 1 aromatic carbocycles. The van der Waals surface area contributed by atoms with Crippen LogP contribution < -0.4 is 10.1 Å². The number of hydrogen-bond donors (Lipinski definition) is 1. The summed E-state index contributed by atoms with van der Waals surface area (Å²) >= 11 is 0. The van der Waals surface area contributed by atoms with Crippen molar-refractivity contribution >= 4 is 5.96 Å². The summed E-state index contributed by atoms with van der Waals surface area (Å²) in [7, 11) is 1.85. The van der Waals surface area contributed by atoms with Crippen LogP contribution in [0, 0.1) is 12.8 Å². The van der Waals surface area contributed by atoms with Gasteiger partial charge in [0.1, 0.15) is 5.75 Å². The minimum Gasteiger partial charge on any atom is -0.493 e. The molecule has 1 saturated heterocycles. The Hall–Kier alpha value is -1.75. The molecule has 0 aromatic heterocycles. The molecule has 24 heavy (non-hydrogen) atoms. The molecule has 0 spiro atoms. The van der Waals surface area contributed by atoms with Gasteiger partial charge in [0, 0.05) is 39.2 Å². The highest BCUT2D eigenvalue weighted by Crippen LogP contribution is 2.17. The van der Waals surface area contributed by atoms with Gasteiger partial charge in [-0.3, -0.25) is 4.99 Å². The number of ether oxygens (including phenoxy) is 2. The van der Waals surface area contributed by atoms with Crippen molar-refractivity contribution in [1.29, 1.82) is 0 Å². The molecule has 1 aliphatic heterocycles. The zero-order valence-corrected chi connectivity index (χ0v) is 15.3. The first-order valence-electron chi connectivity index (χ1n) is 8.96. The van der Waals surface area contributed by atoms with Crippen molar-refractivity contribution in [2.75, 3.05) is 46.5 Å².